The maximum Gasteiger partial charge on any atom is 0.308 e. The summed E-state index contributed by atoms with van der Waals surface area (Å²) in [5, 5.41) is 11.2. The van der Waals surface area contributed by atoms with Crippen molar-refractivity contribution < 1.29 is 19.4 Å². The molecule has 2 N–H and O–H groups in total. The number of carboxylic acid groups (broad SMARTS) is 1. The molecule has 1 amide bonds. The minimum absolute atomic E-state index is 0.298. The van der Waals surface area contributed by atoms with Gasteiger partial charge in [-0.15, -0.1) is 0 Å². The van der Waals surface area contributed by atoms with E-state index in [2.05, 4.69) is 5.32 Å². The van der Waals surface area contributed by atoms with E-state index in [0.29, 0.717) is 0 Å². The Balaban J connectivity index is 4.12. The van der Waals surface area contributed by atoms with Gasteiger partial charge in [-0.1, -0.05) is 0 Å². The van der Waals surface area contributed by atoms with Crippen molar-refractivity contribution in [2.24, 2.45) is 5.92 Å². The number of hydrogen-bond acceptors (Lipinski definition) is 3. The largest absolute Gasteiger partial charge is 0.481 e. The van der Waals surface area contributed by atoms with Gasteiger partial charge in [-0.2, -0.15) is 0 Å². The van der Waals surface area contributed by atoms with Crippen LogP contribution in [-0.4, -0.2) is 36.2 Å². The predicted octanol–water partition coefficient (Wildman–Crippen LogP) is 0.247. The lowest BCUT2D eigenvalue weighted by Crippen LogP contribution is -2.44. The van der Waals surface area contributed by atoms with E-state index in [0.717, 1.165) is 0 Å². The van der Waals surface area contributed by atoms with Crippen LogP contribution in [0.2, 0.25) is 0 Å². The first-order valence-corrected chi connectivity index (χ1v) is 4.46. The molecule has 5 heteroatoms. The van der Waals surface area contributed by atoms with Gasteiger partial charge >= 0.3 is 5.97 Å². The van der Waals surface area contributed by atoms with Gasteiger partial charge in [0.2, 0.25) is 5.91 Å². The fraction of sp³-hybridized carbons (Fsp3) is 0.778. The number of amides is 1. The molecule has 0 bridgehead atoms. The second kappa shape index (κ2) is 5.59. The molecule has 0 aliphatic carbocycles. The van der Waals surface area contributed by atoms with Gasteiger partial charge < -0.3 is 15.2 Å². The van der Waals surface area contributed by atoms with Gasteiger partial charge in [0.1, 0.15) is 6.10 Å². The molecule has 82 valence electrons. The van der Waals surface area contributed by atoms with Crippen molar-refractivity contribution in [1.82, 2.24) is 5.32 Å². The summed E-state index contributed by atoms with van der Waals surface area (Å²) >= 11 is 0. The van der Waals surface area contributed by atoms with Gasteiger partial charge in [0, 0.05) is 13.2 Å². The number of carboxylic acids is 1. The van der Waals surface area contributed by atoms with E-state index < -0.39 is 24.0 Å². The second-order valence-electron chi connectivity index (χ2n) is 3.30. The molecule has 0 heterocycles. The lowest BCUT2D eigenvalue weighted by atomic mass is 10.0. The molecule has 0 aromatic heterocycles. The van der Waals surface area contributed by atoms with Crippen molar-refractivity contribution in [3.63, 3.8) is 0 Å². The molecule has 0 aliphatic rings. The summed E-state index contributed by atoms with van der Waals surface area (Å²) in [5.41, 5.74) is 0. The first-order valence-electron chi connectivity index (χ1n) is 4.46. The third-order valence-electron chi connectivity index (χ3n) is 2.23. The molecular formula is C9H17NO4. The Bertz CT molecular complexity index is 217. The van der Waals surface area contributed by atoms with Crippen LogP contribution < -0.4 is 5.32 Å². The van der Waals surface area contributed by atoms with Crippen molar-refractivity contribution in [1.29, 1.82) is 0 Å². The number of methoxy groups -OCH3 is 1. The van der Waals surface area contributed by atoms with E-state index in [9.17, 15) is 9.59 Å². The predicted molar refractivity (Wildman–Crippen MR) is 50.9 cm³/mol. The quantitative estimate of drug-likeness (QED) is 0.671. The first kappa shape index (κ1) is 12.9. The minimum atomic E-state index is -0.928. The third-order valence-corrected chi connectivity index (χ3v) is 2.23. The van der Waals surface area contributed by atoms with Crippen molar-refractivity contribution in [3.05, 3.63) is 0 Å². The Morgan fingerprint density at radius 2 is 1.79 bits per heavy atom. The van der Waals surface area contributed by atoms with Crippen molar-refractivity contribution in [2.45, 2.75) is 32.9 Å². The Kier molecular flexibility index (Phi) is 5.15. The van der Waals surface area contributed by atoms with E-state index in [-0.39, 0.29) is 5.91 Å². The molecular weight excluding hydrogens is 186 g/mol. The van der Waals surface area contributed by atoms with E-state index in [4.69, 9.17) is 9.84 Å². The number of hydrogen-bond donors (Lipinski definition) is 2. The molecule has 0 aliphatic heterocycles. The van der Waals surface area contributed by atoms with Crippen LogP contribution in [0.15, 0.2) is 0 Å². The Hall–Kier alpha value is -1.10. The number of aliphatic carboxylic acids is 1. The zero-order valence-corrected chi connectivity index (χ0v) is 8.90. The number of carbonyl (C=O) groups excluding carboxylic acids is 1. The Morgan fingerprint density at radius 1 is 1.29 bits per heavy atom. The lowest BCUT2D eigenvalue weighted by molar-refractivity contribution is -0.142. The van der Waals surface area contributed by atoms with Gasteiger partial charge in [-0.25, -0.2) is 0 Å². The molecule has 0 fully saturated rings. The third kappa shape index (κ3) is 3.74. The fourth-order valence-corrected chi connectivity index (χ4v) is 0.788. The molecule has 0 rings (SSSR count). The van der Waals surface area contributed by atoms with Crippen molar-refractivity contribution in [3.8, 4) is 0 Å². The lowest BCUT2D eigenvalue weighted by Gasteiger charge is -2.19. The summed E-state index contributed by atoms with van der Waals surface area (Å²) in [6.07, 6.45) is -0.557. The second-order valence-corrected chi connectivity index (χ2v) is 3.30. The monoisotopic (exact) mass is 203 g/mol. The first-order chi connectivity index (χ1) is 6.40. The van der Waals surface area contributed by atoms with Crippen LogP contribution in [0.25, 0.3) is 0 Å². The smallest absolute Gasteiger partial charge is 0.308 e. The summed E-state index contributed by atoms with van der Waals surface area (Å²) in [7, 11) is 1.43. The summed E-state index contributed by atoms with van der Waals surface area (Å²) < 4.78 is 4.79. The molecule has 0 radical (unpaired) electrons. The molecule has 0 spiro atoms. The highest BCUT2D eigenvalue weighted by Gasteiger charge is 2.22. The average Bonchev–Trinajstić information content (AvgIpc) is 2.14. The number of carbonyl (C=O) groups is 2. The minimum Gasteiger partial charge on any atom is -0.481 e. The molecule has 0 aromatic rings. The summed E-state index contributed by atoms with van der Waals surface area (Å²) in [6, 6.07) is -0.405. The van der Waals surface area contributed by atoms with Gasteiger partial charge in [0.25, 0.3) is 0 Å². The van der Waals surface area contributed by atoms with Crippen LogP contribution in [0.5, 0.6) is 0 Å². The van der Waals surface area contributed by atoms with Crippen LogP contribution in [0.4, 0.5) is 0 Å². The highest BCUT2D eigenvalue weighted by Crippen LogP contribution is 2.02. The number of ether oxygens (including phenoxy) is 1. The van der Waals surface area contributed by atoms with Crippen molar-refractivity contribution in [2.75, 3.05) is 7.11 Å². The summed E-state index contributed by atoms with van der Waals surface area (Å²) in [4.78, 5) is 21.9. The van der Waals surface area contributed by atoms with Gasteiger partial charge in [-0.05, 0) is 20.8 Å². The topological polar surface area (TPSA) is 75.6 Å². The maximum absolute atomic E-state index is 11.3. The number of nitrogens with one attached hydrogen (secondary N) is 1. The highest BCUT2D eigenvalue weighted by molar-refractivity contribution is 5.81. The highest BCUT2D eigenvalue weighted by atomic mass is 16.5. The molecule has 0 saturated heterocycles. The zero-order valence-electron chi connectivity index (χ0n) is 8.90. The van der Waals surface area contributed by atoms with Crippen LogP contribution in [-0.2, 0) is 14.3 Å². The van der Waals surface area contributed by atoms with E-state index >= 15 is 0 Å². The SMILES string of the molecule is COC(C)C(=O)NC(C)C(C)C(=O)O. The van der Waals surface area contributed by atoms with Crippen LogP contribution in [0, 0.1) is 5.92 Å². The van der Waals surface area contributed by atoms with Crippen LogP contribution in [0.1, 0.15) is 20.8 Å². The van der Waals surface area contributed by atoms with E-state index in [1.165, 1.54) is 7.11 Å². The van der Waals surface area contributed by atoms with Gasteiger partial charge in [0.05, 0.1) is 5.92 Å². The molecule has 0 saturated carbocycles. The van der Waals surface area contributed by atoms with Crippen molar-refractivity contribution >= 4 is 11.9 Å². The Labute approximate surface area is 83.4 Å². The standard InChI is InChI=1S/C9H17NO4/c1-5(9(12)13)6(2)10-8(11)7(3)14-4/h5-7H,1-4H3,(H,10,11)(H,12,13). The maximum atomic E-state index is 11.3. The molecule has 5 nitrogen and oxygen atoms in total. The molecule has 3 atom stereocenters. The normalized spacial score (nSPS) is 16.9. The molecule has 14 heavy (non-hydrogen) atoms. The van der Waals surface area contributed by atoms with E-state index in [1.807, 2.05) is 0 Å². The van der Waals surface area contributed by atoms with Gasteiger partial charge in [-0.3, -0.25) is 9.59 Å². The average molecular weight is 203 g/mol. The molecule has 0 aromatic carbocycles. The fourth-order valence-electron chi connectivity index (χ4n) is 0.788. The zero-order chi connectivity index (χ0) is 11.3. The van der Waals surface area contributed by atoms with E-state index in [1.54, 1.807) is 20.8 Å². The van der Waals surface area contributed by atoms with Gasteiger partial charge in [0.15, 0.2) is 0 Å². The Morgan fingerprint density at radius 3 is 2.14 bits per heavy atom. The summed E-state index contributed by atoms with van der Waals surface area (Å²) in [5.74, 6) is -1.83. The molecule has 3 unspecified atom stereocenters. The summed E-state index contributed by atoms with van der Waals surface area (Å²) in [6.45, 7) is 4.80. The number of rotatable bonds is 5. The van der Waals surface area contributed by atoms with Crippen LogP contribution >= 0.6 is 0 Å². The van der Waals surface area contributed by atoms with Crippen LogP contribution in [0.3, 0.4) is 0 Å².